The van der Waals surface area contributed by atoms with Crippen molar-refractivity contribution in [2.75, 3.05) is 11.5 Å². The van der Waals surface area contributed by atoms with E-state index in [1.165, 1.54) is 5.56 Å². The Morgan fingerprint density at radius 1 is 1.16 bits per heavy atom. The molecule has 4 atom stereocenters. The van der Waals surface area contributed by atoms with Gasteiger partial charge in [-0.2, -0.15) is 11.8 Å². The van der Waals surface area contributed by atoms with E-state index in [9.17, 15) is 4.79 Å². The van der Waals surface area contributed by atoms with Crippen LogP contribution in [0.3, 0.4) is 0 Å². The molecule has 0 aromatic heterocycles. The molecule has 0 radical (unpaired) electrons. The summed E-state index contributed by atoms with van der Waals surface area (Å²) < 4.78 is 0. The normalized spacial score (nSPS) is 24.4. The van der Waals surface area contributed by atoms with Crippen molar-refractivity contribution in [3.8, 4) is 0 Å². The second-order valence-electron chi connectivity index (χ2n) is 8.85. The van der Waals surface area contributed by atoms with Gasteiger partial charge in [0.05, 0.1) is 11.5 Å². The standard InChI is InChI=1S/C27H33Cl2NOS/c1-5-15-27(4)17-24(20-9-8-10-22(29)16-20)25(19-11-13-21(28)14-12-19)30(26(27)31)23(6-2)18-32-7-3/h5,8-14,16,23-25H,1,6-7,15,17-18H2,2-4H3. The summed E-state index contributed by atoms with van der Waals surface area (Å²) in [6.07, 6.45) is 4.20. The van der Waals surface area contributed by atoms with Gasteiger partial charge in [-0.25, -0.2) is 0 Å². The third-order valence-electron chi connectivity index (χ3n) is 6.56. The Bertz CT molecular complexity index is 932. The fourth-order valence-corrected chi connectivity index (χ4v) is 6.17. The van der Waals surface area contributed by atoms with Crippen LogP contribution >= 0.6 is 35.0 Å². The topological polar surface area (TPSA) is 20.3 Å². The van der Waals surface area contributed by atoms with E-state index in [2.05, 4.69) is 56.5 Å². The smallest absolute Gasteiger partial charge is 0.229 e. The van der Waals surface area contributed by atoms with Gasteiger partial charge in [0.1, 0.15) is 0 Å². The third-order valence-corrected chi connectivity index (χ3v) is 8.08. The monoisotopic (exact) mass is 489 g/mol. The van der Waals surface area contributed by atoms with Gasteiger partial charge in [-0.1, -0.05) is 74.3 Å². The molecule has 0 saturated carbocycles. The molecule has 1 saturated heterocycles. The second kappa shape index (κ2) is 11.1. The van der Waals surface area contributed by atoms with Gasteiger partial charge in [0.2, 0.25) is 5.91 Å². The minimum atomic E-state index is -0.498. The summed E-state index contributed by atoms with van der Waals surface area (Å²) in [7, 11) is 0. The van der Waals surface area contributed by atoms with Gasteiger partial charge < -0.3 is 4.90 Å². The van der Waals surface area contributed by atoms with Crippen molar-refractivity contribution in [2.45, 2.75) is 58.0 Å². The number of benzene rings is 2. The minimum Gasteiger partial charge on any atom is -0.331 e. The van der Waals surface area contributed by atoms with Crippen LogP contribution in [0.1, 0.15) is 63.1 Å². The molecule has 1 fully saturated rings. The highest BCUT2D eigenvalue weighted by molar-refractivity contribution is 7.99. The van der Waals surface area contributed by atoms with Crippen molar-refractivity contribution in [1.29, 1.82) is 0 Å². The zero-order valence-electron chi connectivity index (χ0n) is 19.2. The highest BCUT2D eigenvalue weighted by Gasteiger charge is 2.50. The molecule has 2 aromatic carbocycles. The Hall–Kier alpha value is -1.42. The fraction of sp³-hybridized carbons (Fsp3) is 0.444. The fourth-order valence-electron chi connectivity index (χ4n) is 4.94. The number of hydrogen-bond acceptors (Lipinski definition) is 2. The number of piperidine rings is 1. The van der Waals surface area contributed by atoms with Gasteiger partial charge in [-0.05, 0) is 60.4 Å². The molecule has 1 amide bonds. The maximum atomic E-state index is 14.1. The van der Waals surface area contributed by atoms with Crippen molar-refractivity contribution in [2.24, 2.45) is 5.41 Å². The van der Waals surface area contributed by atoms with Crippen LogP contribution in [0.2, 0.25) is 10.0 Å². The molecule has 3 rings (SSSR count). The number of carbonyl (C=O) groups is 1. The summed E-state index contributed by atoms with van der Waals surface area (Å²) >= 11 is 14.5. The highest BCUT2D eigenvalue weighted by atomic mass is 35.5. The van der Waals surface area contributed by atoms with Crippen molar-refractivity contribution in [1.82, 2.24) is 4.90 Å². The summed E-state index contributed by atoms with van der Waals surface area (Å²) in [6, 6.07) is 16.2. The molecule has 0 N–H and O–H groups in total. The molecule has 1 heterocycles. The molecule has 32 heavy (non-hydrogen) atoms. The molecule has 1 aliphatic rings. The van der Waals surface area contributed by atoms with Crippen molar-refractivity contribution in [3.05, 3.63) is 82.4 Å². The molecule has 4 unspecified atom stereocenters. The summed E-state index contributed by atoms with van der Waals surface area (Å²) in [5.41, 5.74) is 1.79. The Labute approximate surface area is 207 Å². The number of halogens is 2. The number of nitrogens with zero attached hydrogens (tertiary/aromatic N) is 1. The summed E-state index contributed by atoms with van der Waals surface area (Å²) in [5.74, 6) is 2.30. The van der Waals surface area contributed by atoms with E-state index in [0.29, 0.717) is 11.4 Å². The zero-order chi connectivity index (χ0) is 23.3. The SMILES string of the molecule is C=CCC1(C)CC(c2cccc(Cl)c2)C(c2ccc(Cl)cc2)N(C(CC)CSCC)C1=O. The van der Waals surface area contributed by atoms with Crippen LogP contribution in [-0.4, -0.2) is 28.4 Å². The lowest BCUT2D eigenvalue weighted by molar-refractivity contribution is -0.153. The summed E-state index contributed by atoms with van der Waals surface area (Å²) in [4.78, 5) is 16.3. The predicted octanol–water partition coefficient (Wildman–Crippen LogP) is 8.16. The first-order valence-electron chi connectivity index (χ1n) is 11.4. The number of likely N-dealkylation sites (tertiary alicyclic amines) is 1. The zero-order valence-corrected chi connectivity index (χ0v) is 21.5. The van der Waals surface area contributed by atoms with E-state index in [0.717, 1.165) is 34.9 Å². The lowest BCUT2D eigenvalue weighted by atomic mass is 9.67. The maximum Gasteiger partial charge on any atom is 0.229 e. The average Bonchev–Trinajstić information content (AvgIpc) is 2.77. The van der Waals surface area contributed by atoms with Gasteiger partial charge in [0, 0.05) is 27.8 Å². The molecule has 1 aliphatic heterocycles. The predicted molar refractivity (Wildman–Crippen MR) is 140 cm³/mol. The first-order chi connectivity index (χ1) is 15.3. The van der Waals surface area contributed by atoms with Crippen molar-refractivity contribution in [3.63, 3.8) is 0 Å². The average molecular weight is 491 g/mol. The van der Waals surface area contributed by atoms with Crippen LogP contribution in [-0.2, 0) is 4.79 Å². The molecular formula is C27H33Cl2NOS. The maximum absolute atomic E-state index is 14.1. The quantitative estimate of drug-likeness (QED) is 0.331. The van der Waals surface area contributed by atoms with Crippen molar-refractivity contribution >= 4 is 40.9 Å². The first kappa shape index (κ1) is 25.2. The highest BCUT2D eigenvalue weighted by Crippen LogP contribution is 2.52. The Morgan fingerprint density at radius 2 is 1.88 bits per heavy atom. The molecule has 2 nitrogen and oxygen atoms in total. The minimum absolute atomic E-state index is 0.0708. The van der Waals surface area contributed by atoms with Crippen molar-refractivity contribution < 1.29 is 4.79 Å². The van der Waals surface area contributed by atoms with Gasteiger partial charge >= 0.3 is 0 Å². The molecule has 5 heteroatoms. The van der Waals surface area contributed by atoms with E-state index >= 15 is 0 Å². The number of rotatable bonds is 9. The van der Waals surface area contributed by atoms with Crippen LogP contribution in [0.4, 0.5) is 0 Å². The van der Waals surface area contributed by atoms with Gasteiger partial charge in [-0.15, -0.1) is 6.58 Å². The van der Waals surface area contributed by atoms with Crippen LogP contribution in [0.15, 0.2) is 61.2 Å². The van der Waals surface area contributed by atoms with Crippen LogP contribution in [0.25, 0.3) is 0 Å². The van der Waals surface area contributed by atoms with Gasteiger partial charge in [0.15, 0.2) is 0 Å². The molecule has 172 valence electrons. The molecule has 0 bridgehead atoms. The number of carbonyl (C=O) groups excluding carboxylic acids is 1. The number of allylic oxidation sites excluding steroid dienone is 1. The molecule has 0 spiro atoms. The lowest BCUT2D eigenvalue weighted by Gasteiger charge is -2.52. The van der Waals surface area contributed by atoms with Gasteiger partial charge in [-0.3, -0.25) is 4.79 Å². The third kappa shape index (κ3) is 5.38. The Kier molecular flexibility index (Phi) is 8.77. The van der Waals surface area contributed by atoms with E-state index in [-0.39, 0.29) is 23.9 Å². The van der Waals surface area contributed by atoms with Crippen LogP contribution in [0.5, 0.6) is 0 Å². The summed E-state index contributed by atoms with van der Waals surface area (Å²) in [5, 5.41) is 1.42. The summed E-state index contributed by atoms with van der Waals surface area (Å²) in [6.45, 7) is 10.4. The van der Waals surface area contributed by atoms with E-state index < -0.39 is 5.41 Å². The van der Waals surface area contributed by atoms with E-state index in [1.807, 2.05) is 42.1 Å². The van der Waals surface area contributed by atoms with E-state index in [4.69, 9.17) is 23.2 Å². The molecular weight excluding hydrogens is 457 g/mol. The lowest BCUT2D eigenvalue weighted by Crippen LogP contribution is -2.56. The van der Waals surface area contributed by atoms with Crippen LogP contribution in [0, 0.1) is 5.41 Å². The Morgan fingerprint density at radius 3 is 2.47 bits per heavy atom. The Balaban J connectivity index is 2.20. The number of thioether (sulfide) groups is 1. The number of hydrogen-bond donors (Lipinski definition) is 0. The van der Waals surface area contributed by atoms with Gasteiger partial charge in [0.25, 0.3) is 0 Å². The number of amides is 1. The first-order valence-corrected chi connectivity index (χ1v) is 13.3. The second-order valence-corrected chi connectivity index (χ2v) is 11.0. The largest absolute Gasteiger partial charge is 0.331 e. The van der Waals surface area contributed by atoms with E-state index in [1.54, 1.807) is 0 Å². The molecule has 2 aromatic rings. The van der Waals surface area contributed by atoms with Crippen LogP contribution < -0.4 is 0 Å². The molecule has 0 aliphatic carbocycles.